The van der Waals surface area contributed by atoms with Gasteiger partial charge in [0.1, 0.15) is 6.04 Å². The molecule has 8 nitrogen and oxygen atoms in total. The minimum Gasteiger partial charge on any atom is -0.478 e. The number of anilines is 2. The summed E-state index contributed by atoms with van der Waals surface area (Å²) in [5, 5.41) is 21.1. The van der Waals surface area contributed by atoms with Crippen molar-refractivity contribution in [3.63, 3.8) is 0 Å². The Bertz CT molecular complexity index is 1610. The van der Waals surface area contributed by atoms with Gasteiger partial charge < -0.3 is 15.7 Å². The number of nitrogens with one attached hydrogen (secondary N) is 2. The van der Waals surface area contributed by atoms with Crippen molar-refractivity contribution in [2.45, 2.75) is 44.6 Å². The van der Waals surface area contributed by atoms with Crippen LogP contribution >= 0.6 is 11.8 Å². The second-order valence-electron chi connectivity index (χ2n) is 9.64. The monoisotopic (exact) mass is 539 g/mol. The molecule has 0 unspecified atom stereocenters. The van der Waals surface area contributed by atoms with E-state index < -0.39 is 12.0 Å². The molecule has 1 aliphatic rings. The van der Waals surface area contributed by atoms with Crippen LogP contribution in [0.3, 0.4) is 0 Å². The minimum atomic E-state index is -1.01. The van der Waals surface area contributed by atoms with Gasteiger partial charge in [0.2, 0.25) is 11.1 Å². The van der Waals surface area contributed by atoms with Gasteiger partial charge in [-0.1, -0.05) is 65.9 Å². The van der Waals surface area contributed by atoms with E-state index in [1.165, 1.54) is 28.5 Å². The highest BCUT2D eigenvalue weighted by molar-refractivity contribution is 7.98. The highest BCUT2D eigenvalue weighted by atomic mass is 32.2. The number of carboxylic acids is 1. The maximum atomic E-state index is 13.7. The predicted octanol–water partition coefficient (Wildman–Crippen LogP) is 6.12. The van der Waals surface area contributed by atoms with Gasteiger partial charge in [0.15, 0.2) is 0 Å². The van der Waals surface area contributed by atoms with Crippen molar-refractivity contribution >= 4 is 35.3 Å². The largest absolute Gasteiger partial charge is 0.478 e. The summed E-state index contributed by atoms with van der Waals surface area (Å²) in [7, 11) is 0. The van der Waals surface area contributed by atoms with E-state index in [0.717, 1.165) is 16.8 Å². The molecule has 1 aromatic heterocycles. The fraction of sp³-hybridized carbons (Fsp3) is 0.200. The minimum absolute atomic E-state index is 0.169. The van der Waals surface area contributed by atoms with Crippen LogP contribution in [0.4, 0.5) is 11.6 Å². The average Bonchev–Trinajstić information content (AvgIpc) is 3.32. The molecule has 1 aliphatic heterocycles. The van der Waals surface area contributed by atoms with E-state index in [0.29, 0.717) is 28.1 Å². The molecule has 0 saturated carbocycles. The first-order chi connectivity index (χ1) is 18.7. The molecule has 39 heavy (non-hydrogen) atoms. The Hall–Kier alpha value is -4.37. The number of amides is 1. The number of carboxylic acid groups (broad SMARTS) is 1. The third-order valence-corrected chi connectivity index (χ3v) is 7.69. The Morgan fingerprint density at radius 2 is 1.74 bits per heavy atom. The quantitative estimate of drug-likeness (QED) is 0.243. The number of nitrogens with zero attached hydrogens (tertiary/aromatic N) is 3. The third-order valence-electron chi connectivity index (χ3n) is 6.81. The van der Waals surface area contributed by atoms with Crippen LogP contribution in [0, 0.1) is 20.8 Å². The van der Waals surface area contributed by atoms with Gasteiger partial charge in [-0.25, -0.2) is 9.48 Å². The lowest BCUT2D eigenvalue weighted by Gasteiger charge is -2.29. The first kappa shape index (κ1) is 26.2. The SMILES string of the molecule is CC1=C(C(=O)Nc2ccccc2C)[C@@H](c2ccc(C(=O)O)cc2)n2nc(SCc3cc(C)ccc3C)nc2N1. The van der Waals surface area contributed by atoms with Crippen LogP contribution in [0.15, 0.2) is 83.2 Å². The van der Waals surface area contributed by atoms with Gasteiger partial charge in [0.05, 0.1) is 11.1 Å². The molecule has 5 rings (SSSR count). The zero-order valence-corrected chi connectivity index (χ0v) is 23.0. The normalized spacial score (nSPS) is 14.5. The highest BCUT2D eigenvalue weighted by Crippen LogP contribution is 2.37. The number of hydrogen-bond donors (Lipinski definition) is 3. The molecule has 0 bridgehead atoms. The Labute approximate surface area is 231 Å². The number of rotatable bonds is 7. The first-order valence-electron chi connectivity index (χ1n) is 12.5. The number of aryl methyl sites for hydroxylation is 3. The molecule has 9 heteroatoms. The van der Waals surface area contributed by atoms with E-state index in [9.17, 15) is 14.7 Å². The molecule has 1 atom stereocenters. The number of thioether (sulfide) groups is 1. The van der Waals surface area contributed by atoms with Crippen LogP contribution < -0.4 is 10.6 Å². The van der Waals surface area contributed by atoms with E-state index in [1.807, 2.05) is 38.1 Å². The maximum Gasteiger partial charge on any atom is 0.335 e. The Balaban J connectivity index is 1.51. The summed E-state index contributed by atoms with van der Waals surface area (Å²) < 4.78 is 1.71. The molecule has 0 aliphatic carbocycles. The molecule has 3 aromatic carbocycles. The second kappa shape index (κ2) is 10.8. The number of benzene rings is 3. The van der Waals surface area contributed by atoms with Crippen molar-refractivity contribution in [2.75, 3.05) is 10.6 Å². The van der Waals surface area contributed by atoms with Gasteiger partial charge in [0.25, 0.3) is 5.91 Å². The summed E-state index contributed by atoms with van der Waals surface area (Å²) in [5.74, 6) is -0.0483. The molecule has 0 radical (unpaired) electrons. The van der Waals surface area contributed by atoms with E-state index in [4.69, 9.17) is 10.1 Å². The number of carbonyl (C=O) groups is 2. The molecule has 2 heterocycles. The molecule has 1 amide bonds. The smallest absolute Gasteiger partial charge is 0.335 e. The van der Waals surface area contributed by atoms with E-state index in [-0.39, 0.29) is 11.5 Å². The van der Waals surface area contributed by atoms with Crippen molar-refractivity contribution in [1.82, 2.24) is 14.8 Å². The van der Waals surface area contributed by atoms with Gasteiger partial charge >= 0.3 is 5.97 Å². The number of hydrogen-bond acceptors (Lipinski definition) is 6. The predicted molar refractivity (Wildman–Crippen MR) is 153 cm³/mol. The number of allylic oxidation sites excluding steroid dienone is 1. The molecule has 3 N–H and O–H groups in total. The lowest BCUT2D eigenvalue weighted by atomic mass is 9.94. The fourth-order valence-electron chi connectivity index (χ4n) is 4.60. The van der Waals surface area contributed by atoms with E-state index >= 15 is 0 Å². The number of fused-ring (bicyclic) bond motifs is 1. The third kappa shape index (κ3) is 5.44. The van der Waals surface area contributed by atoms with E-state index in [2.05, 4.69) is 42.7 Å². The van der Waals surface area contributed by atoms with Gasteiger partial charge in [-0.15, -0.1) is 5.10 Å². The van der Waals surface area contributed by atoms with Crippen molar-refractivity contribution < 1.29 is 14.7 Å². The molecule has 0 spiro atoms. The van der Waals surface area contributed by atoms with Crippen LogP contribution in [-0.2, 0) is 10.5 Å². The van der Waals surface area contributed by atoms with E-state index in [1.54, 1.807) is 28.9 Å². The van der Waals surface area contributed by atoms with Crippen molar-refractivity contribution in [1.29, 1.82) is 0 Å². The summed E-state index contributed by atoms with van der Waals surface area (Å²) in [6, 6.07) is 19.9. The summed E-state index contributed by atoms with van der Waals surface area (Å²) >= 11 is 1.53. The summed E-state index contributed by atoms with van der Waals surface area (Å²) in [4.78, 5) is 29.9. The number of aromatic carboxylic acids is 1. The van der Waals surface area contributed by atoms with Gasteiger partial charge in [0, 0.05) is 17.1 Å². The topological polar surface area (TPSA) is 109 Å². The molecular formula is C30H29N5O3S. The average molecular weight is 540 g/mol. The summed E-state index contributed by atoms with van der Waals surface area (Å²) in [6.07, 6.45) is 0. The van der Waals surface area contributed by atoms with Crippen molar-refractivity contribution in [3.8, 4) is 0 Å². The Morgan fingerprint density at radius 3 is 2.46 bits per heavy atom. The van der Waals surface area contributed by atoms with Crippen molar-refractivity contribution in [3.05, 3.63) is 111 Å². The lowest BCUT2D eigenvalue weighted by molar-refractivity contribution is -0.113. The fourth-order valence-corrected chi connectivity index (χ4v) is 5.50. The molecule has 0 fully saturated rings. The summed E-state index contributed by atoms with van der Waals surface area (Å²) in [5.41, 5.74) is 7.32. The first-order valence-corrected chi connectivity index (χ1v) is 13.5. The van der Waals surface area contributed by atoms with Crippen LogP contribution in [-0.4, -0.2) is 31.7 Å². The zero-order valence-electron chi connectivity index (χ0n) is 22.1. The lowest BCUT2D eigenvalue weighted by Crippen LogP contribution is -2.31. The Kier molecular flexibility index (Phi) is 7.26. The summed E-state index contributed by atoms with van der Waals surface area (Å²) in [6.45, 7) is 7.94. The van der Waals surface area contributed by atoms with Crippen LogP contribution in [0.2, 0.25) is 0 Å². The van der Waals surface area contributed by atoms with Crippen molar-refractivity contribution in [2.24, 2.45) is 0 Å². The second-order valence-corrected chi connectivity index (χ2v) is 10.6. The molecule has 198 valence electrons. The van der Waals surface area contributed by atoms with Crippen LogP contribution in [0.1, 0.15) is 51.1 Å². The van der Waals surface area contributed by atoms with Gasteiger partial charge in [-0.05, 0) is 68.1 Å². The number of para-hydroxylation sites is 1. The Morgan fingerprint density at radius 1 is 1.00 bits per heavy atom. The molecule has 4 aromatic rings. The standard InChI is InChI=1S/C30H29N5O3S/c1-17-9-10-18(2)23(15-17)16-39-30-33-29-31-20(4)25(27(36)32-24-8-6-5-7-19(24)3)26(35(29)34-30)21-11-13-22(14-12-21)28(37)38/h5-15,26H,16H2,1-4H3,(H,32,36)(H,37,38)(H,31,33,34)/t26-/m1/s1. The molecule has 0 saturated heterocycles. The number of aromatic nitrogens is 3. The maximum absolute atomic E-state index is 13.7. The molecular weight excluding hydrogens is 510 g/mol. The van der Waals surface area contributed by atoms with Gasteiger partial charge in [-0.2, -0.15) is 4.98 Å². The van der Waals surface area contributed by atoms with Gasteiger partial charge in [-0.3, -0.25) is 4.79 Å². The highest BCUT2D eigenvalue weighted by Gasteiger charge is 2.34. The number of carbonyl (C=O) groups excluding carboxylic acids is 1. The van der Waals surface area contributed by atoms with Crippen LogP contribution in [0.5, 0.6) is 0 Å². The zero-order chi connectivity index (χ0) is 27.7. The van der Waals surface area contributed by atoms with Crippen LogP contribution in [0.25, 0.3) is 0 Å².